The van der Waals surface area contributed by atoms with E-state index in [1.54, 1.807) is 18.2 Å². The molecule has 0 bridgehead atoms. The Hall–Kier alpha value is -2.62. The highest BCUT2D eigenvalue weighted by Crippen LogP contribution is 2.31. The summed E-state index contributed by atoms with van der Waals surface area (Å²) < 4.78 is 33.7. The minimum Gasteiger partial charge on any atom is -0.467 e. The number of hydrogen-bond acceptors (Lipinski definition) is 6. The van der Waals surface area contributed by atoms with Crippen LogP contribution >= 0.6 is 11.3 Å². The molecule has 2 aromatic carbocycles. The van der Waals surface area contributed by atoms with E-state index in [1.807, 2.05) is 11.0 Å². The summed E-state index contributed by atoms with van der Waals surface area (Å²) in [7, 11) is 0. The number of ether oxygens (including phenoxy) is 1. The van der Waals surface area contributed by atoms with E-state index in [1.165, 1.54) is 29.5 Å². The maximum Gasteiger partial charge on any atom is 0.274 e. The molecule has 2 atom stereocenters. The second kappa shape index (κ2) is 8.49. The van der Waals surface area contributed by atoms with Gasteiger partial charge in [-0.2, -0.15) is 4.98 Å². The monoisotopic (exact) mass is 444 g/mol. The maximum absolute atomic E-state index is 13.8. The van der Waals surface area contributed by atoms with Crippen LogP contribution in [0.15, 0.2) is 42.5 Å². The summed E-state index contributed by atoms with van der Waals surface area (Å²) in [5, 5.41) is 0.466. The number of thiazole rings is 1. The average molecular weight is 445 g/mol. The Morgan fingerprint density at radius 1 is 1.10 bits per heavy atom. The van der Waals surface area contributed by atoms with Crippen molar-refractivity contribution < 1.29 is 18.3 Å². The number of halogens is 2. The normalized spacial score (nSPS) is 22.2. The zero-order valence-corrected chi connectivity index (χ0v) is 17.5. The number of benzene rings is 2. The summed E-state index contributed by atoms with van der Waals surface area (Å²) in [6.07, 6.45) is 1.96. The number of likely N-dealkylation sites (tertiary alicyclic amines) is 1. The Balaban J connectivity index is 1.14. The van der Waals surface area contributed by atoms with Gasteiger partial charge < -0.3 is 9.64 Å². The topological polar surface area (TPSA) is 66.5 Å². The van der Waals surface area contributed by atoms with Gasteiger partial charge in [0.05, 0.1) is 4.70 Å². The van der Waals surface area contributed by atoms with Crippen LogP contribution in [0.5, 0.6) is 5.19 Å². The fourth-order valence-electron chi connectivity index (χ4n) is 4.13. The molecule has 2 N–H and O–H groups in total. The number of nitrogens with one attached hydrogen (secondary N) is 2. The third kappa shape index (κ3) is 4.26. The van der Waals surface area contributed by atoms with Crippen LogP contribution < -0.4 is 15.6 Å². The quantitative estimate of drug-likeness (QED) is 0.644. The van der Waals surface area contributed by atoms with E-state index in [-0.39, 0.29) is 35.7 Å². The van der Waals surface area contributed by atoms with Crippen molar-refractivity contribution in [3.05, 3.63) is 59.7 Å². The fourth-order valence-corrected chi connectivity index (χ4v) is 5.03. The van der Waals surface area contributed by atoms with Crippen molar-refractivity contribution in [2.45, 2.75) is 37.5 Å². The van der Waals surface area contributed by atoms with Crippen LogP contribution in [0.2, 0.25) is 0 Å². The average Bonchev–Trinajstić information content (AvgIpc) is 3.42. The molecule has 1 aromatic heterocycles. The first kappa shape index (κ1) is 20.3. The summed E-state index contributed by atoms with van der Waals surface area (Å²) >= 11 is 1.34. The van der Waals surface area contributed by atoms with E-state index in [2.05, 4.69) is 15.8 Å². The Morgan fingerprint density at radius 3 is 2.61 bits per heavy atom. The van der Waals surface area contributed by atoms with Gasteiger partial charge in [0, 0.05) is 32.0 Å². The summed E-state index contributed by atoms with van der Waals surface area (Å²) in [5.41, 5.74) is 7.50. The molecule has 6 nitrogen and oxygen atoms in total. The predicted molar refractivity (Wildman–Crippen MR) is 114 cm³/mol. The lowest BCUT2D eigenvalue weighted by Gasteiger charge is -2.33. The first-order valence-electron chi connectivity index (χ1n) is 10.3. The van der Waals surface area contributed by atoms with Crippen molar-refractivity contribution in [2.75, 3.05) is 13.1 Å². The van der Waals surface area contributed by atoms with Crippen LogP contribution in [0.1, 0.15) is 30.9 Å². The van der Waals surface area contributed by atoms with Gasteiger partial charge >= 0.3 is 0 Å². The van der Waals surface area contributed by atoms with Crippen LogP contribution in [-0.2, 0) is 4.79 Å². The number of carbonyl (C=O) groups excluding carboxylic acids is 1. The Morgan fingerprint density at radius 2 is 1.87 bits per heavy atom. The molecule has 162 valence electrons. The van der Waals surface area contributed by atoms with Gasteiger partial charge in [0.15, 0.2) is 0 Å². The van der Waals surface area contributed by atoms with E-state index in [4.69, 9.17) is 4.74 Å². The van der Waals surface area contributed by atoms with Gasteiger partial charge in [0.25, 0.3) is 5.19 Å². The Labute approximate surface area is 182 Å². The molecule has 0 aliphatic carbocycles. The van der Waals surface area contributed by atoms with Gasteiger partial charge in [-0.3, -0.25) is 4.79 Å². The minimum atomic E-state index is -0.347. The fraction of sp³-hybridized carbons (Fsp3) is 0.364. The molecule has 3 aromatic rings. The SMILES string of the molecule is O=C(C1CC(c2ccc(F)cc2)NN1)N1CCC(Oc2nc3c(F)cccc3s2)CC1. The number of piperidine rings is 1. The van der Waals surface area contributed by atoms with Crippen molar-refractivity contribution in [1.29, 1.82) is 0 Å². The molecule has 9 heteroatoms. The molecule has 31 heavy (non-hydrogen) atoms. The number of amides is 1. The van der Waals surface area contributed by atoms with Crippen molar-refractivity contribution >= 4 is 27.5 Å². The highest BCUT2D eigenvalue weighted by molar-refractivity contribution is 7.20. The maximum atomic E-state index is 13.8. The molecule has 3 heterocycles. The zero-order valence-electron chi connectivity index (χ0n) is 16.7. The second-order valence-electron chi connectivity index (χ2n) is 7.89. The first-order chi connectivity index (χ1) is 15.1. The highest BCUT2D eigenvalue weighted by Gasteiger charge is 2.34. The molecule has 2 fully saturated rings. The summed E-state index contributed by atoms with van der Waals surface area (Å²) in [6, 6.07) is 10.9. The number of nitrogens with zero attached hydrogens (tertiary/aromatic N) is 2. The van der Waals surface area contributed by atoms with Crippen LogP contribution in [0.4, 0.5) is 8.78 Å². The van der Waals surface area contributed by atoms with Gasteiger partial charge in [-0.25, -0.2) is 19.6 Å². The smallest absolute Gasteiger partial charge is 0.274 e. The molecule has 0 spiro atoms. The first-order valence-corrected chi connectivity index (χ1v) is 11.2. The van der Waals surface area contributed by atoms with Crippen LogP contribution in [0, 0.1) is 11.6 Å². The van der Waals surface area contributed by atoms with Crippen molar-refractivity contribution in [3.63, 3.8) is 0 Å². The van der Waals surface area contributed by atoms with Gasteiger partial charge in [-0.05, 0) is 36.2 Å². The summed E-state index contributed by atoms with van der Waals surface area (Å²) in [6.45, 7) is 1.20. The van der Waals surface area contributed by atoms with E-state index in [0.29, 0.717) is 43.1 Å². The summed E-state index contributed by atoms with van der Waals surface area (Å²) in [5.74, 6) is -0.568. The Kier molecular flexibility index (Phi) is 5.56. The number of aromatic nitrogens is 1. The van der Waals surface area contributed by atoms with Gasteiger partial charge in [-0.1, -0.05) is 29.5 Å². The minimum absolute atomic E-state index is 0.0325. The zero-order chi connectivity index (χ0) is 21.4. The number of fused-ring (bicyclic) bond motifs is 1. The lowest BCUT2D eigenvalue weighted by Crippen LogP contribution is -2.49. The Bertz CT molecular complexity index is 1080. The molecule has 2 unspecified atom stereocenters. The molecular formula is C22H22F2N4O2S. The molecule has 2 saturated heterocycles. The number of para-hydroxylation sites is 1. The molecule has 2 aliphatic heterocycles. The largest absolute Gasteiger partial charge is 0.467 e. The standard InChI is InChI=1S/C22H22F2N4O2S/c23-14-6-4-13(5-7-14)17-12-18(27-26-17)21(29)28-10-8-15(9-11-28)30-22-25-20-16(24)2-1-3-19(20)31-22/h1-7,15,17-18,26-27H,8-12H2. The van der Waals surface area contributed by atoms with Crippen LogP contribution in [0.25, 0.3) is 10.2 Å². The number of hydrazine groups is 1. The van der Waals surface area contributed by atoms with E-state index in [0.717, 1.165) is 10.3 Å². The lowest BCUT2D eigenvalue weighted by molar-refractivity contribution is -0.135. The van der Waals surface area contributed by atoms with Gasteiger partial charge in [0.2, 0.25) is 5.91 Å². The third-order valence-corrected chi connectivity index (χ3v) is 6.76. The number of carbonyl (C=O) groups is 1. The van der Waals surface area contributed by atoms with Crippen LogP contribution in [-0.4, -0.2) is 41.0 Å². The number of rotatable bonds is 4. The third-order valence-electron chi connectivity index (χ3n) is 5.84. The molecule has 0 saturated carbocycles. The van der Waals surface area contributed by atoms with E-state index >= 15 is 0 Å². The summed E-state index contributed by atoms with van der Waals surface area (Å²) in [4.78, 5) is 19.0. The highest BCUT2D eigenvalue weighted by atomic mass is 32.1. The second-order valence-corrected chi connectivity index (χ2v) is 8.88. The molecule has 5 rings (SSSR count). The molecular weight excluding hydrogens is 422 g/mol. The van der Waals surface area contributed by atoms with Crippen molar-refractivity contribution in [2.24, 2.45) is 0 Å². The van der Waals surface area contributed by atoms with Crippen LogP contribution in [0.3, 0.4) is 0 Å². The van der Waals surface area contributed by atoms with Crippen molar-refractivity contribution in [3.8, 4) is 5.19 Å². The van der Waals surface area contributed by atoms with Gasteiger partial charge in [-0.15, -0.1) is 0 Å². The van der Waals surface area contributed by atoms with Crippen molar-refractivity contribution in [1.82, 2.24) is 20.7 Å². The van der Waals surface area contributed by atoms with E-state index < -0.39 is 0 Å². The van der Waals surface area contributed by atoms with Gasteiger partial charge in [0.1, 0.15) is 29.3 Å². The van der Waals surface area contributed by atoms with E-state index in [9.17, 15) is 13.6 Å². The molecule has 0 radical (unpaired) electrons. The lowest BCUT2D eigenvalue weighted by atomic mass is 10.0. The molecule has 2 aliphatic rings. The molecule has 1 amide bonds. The number of hydrogen-bond donors (Lipinski definition) is 2. The predicted octanol–water partition coefficient (Wildman–Crippen LogP) is 3.55.